The van der Waals surface area contributed by atoms with Gasteiger partial charge < -0.3 is 20.5 Å². The molecule has 1 amide bonds. The van der Waals surface area contributed by atoms with E-state index in [2.05, 4.69) is 5.32 Å². The Morgan fingerprint density at radius 3 is 2.37 bits per heavy atom. The van der Waals surface area contributed by atoms with Crippen molar-refractivity contribution in [2.45, 2.75) is 25.9 Å². The quantitative estimate of drug-likeness (QED) is 0.864. The summed E-state index contributed by atoms with van der Waals surface area (Å²) in [6.45, 7) is 3.52. The highest BCUT2D eigenvalue weighted by Gasteiger charge is 2.16. The number of amides is 1. The van der Waals surface area contributed by atoms with Crippen LogP contribution in [0.3, 0.4) is 0 Å². The molecule has 19 heavy (non-hydrogen) atoms. The Balaban J connectivity index is 0.00000324. The summed E-state index contributed by atoms with van der Waals surface area (Å²) in [6.07, 6.45) is 0. The molecule has 0 aliphatic carbocycles. The molecule has 1 aromatic carbocycles. The summed E-state index contributed by atoms with van der Waals surface area (Å²) in [4.78, 5) is 11.6. The van der Waals surface area contributed by atoms with Gasteiger partial charge in [-0.05, 0) is 32.0 Å². The zero-order valence-electron chi connectivity index (χ0n) is 11.6. The van der Waals surface area contributed by atoms with Gasteiger partial charge in [0.1, 0.15) is 11.5 Å². The molecular formula is C13H21ClN2O3. The summed E-state index contributed by atoms with van der Waals surface area (Å²) in [5, 5.41) is 2.82. The van der Waals surface area contributed by atoms with Gasteiger partial charge in [0.2, 0.25) is 5.91 Å². The number of benzene rings is 1. The molecule has 0 aliphatic rings. The van der Waals surface area contributed by atoms with Crippen molar-refractivity contribution in [1.29, 1.82) is 0 Å². The van der Waals surface area contributed by atoms with Crippen molar-refractivity contribution >= 4 is 18.3 Å². The summed E-state index contributed by atoms with van der Waals surface area (Å²) in [6, 6.07) is 4.72. The Morgan fingerprint density at radius 2 is 1.89 bits per heavy atom. The van der Waals surface area contributed by atoms with Crippen molar-refractivity contribution in [3.05, 3.63) is 23.8 Å². The molecule has 1 rings (SSSR count). The van der Waals surface area contributed by atoms with E-state index < -0.39 is 6.04 Å². The van der Waals surface area contributed by atoms with Crippen LogP contribution in [-0.2, 0) is 4.79 Å². The molecule has 0 aliphatic heterocycles. The van der Waals surface area contributed by atoms with Crippen LogP contribution < -0.4 is 20.5 Å². The normalized spacial score (nSPS) is 12.9. The summed E-state index contributed by atoms with van der Waals surface area (Å²) < 4.78 is 10.4. The molecule has 0 heterocycles. The number of carbonyl (C=O) groups is 1. The number of hydrogen-bond acceptors (Lipinski definition) is 4. The molecule has 1 aromatic rings. The summed E-state index contributed by atoms with van der Waals surface area (Å²) >= 11 is 0. The number of ether oxygens (including phenoxy) is 2. The van der Waals surface area contributed by atoms with E-state index in [0.29, 0.717) is 11.5 Å². The highest BCUT2D eigenvalue weighted by molar-refractivity contribution is 5.85. The molecular weight excluding hydrogens is 268 g/mol. The molecule has 0 radical (unpaired) electrons. The Hall–Kier alpha value is -1.46. The monoisotopic (exact) mass is 288 g/mol. The van der Waals surface area contributed by atoms with Gasteiger partial charge in [-0.25, -0.2) is 0 Å². The second-order valence-electron chi connectivity index (χ2n) is 4.13. The van der Waals surface area contributed by atoms with Gasteiger partial charge in [0.05, 0.1) is 26.3 Å². The highest BCUT2D eigenvalue weighted by Crippen LogP contribution is 2.29. The molecule has 2 atom stereocenters. The van der Waals surface area contributed by atoms with Crippen LogP contribution in [0.5, 0.6) is 11.5 Å². The topological polar surface area (TPSA) is 73.6 Å². The van der Waals surface area contributed by atoms with Crippen LogP contribution >= 0.6 is 12.4 Å². The molecule has 0 bridgehead atoms. The number of carbonyl (C=O) groups excluding carboxylic acids is 1. The lowest BCUT2D eigenvalue weighted by atomic mass is 10.1. The predicted molar refractivity (Wildman–Crippen MR) is 77.0 cm³/mol. The van der Waals surface area contributed by atoms with Crippen LogP contribution in [0.4, 0.5) is 0 Å². The zero-order chi connectivity index (χ0) is 13.7. The Labute approximate surface area is 119 Å². The fourth-order valence-corrected chi connectivity index (χ4v) is 1.60. The lowest BCUT2D eigenvalue weighted by molar-refractivity contribution is -0.122. The third-order valence-electron chi connectivity index (χ3n) is 2.68. The van der Waals surface area contributed by atoms with Crippen LogP contribution in [0.25, 0.3) is 0 Å². The van der Waals surface area contributed by atoms with Gasteiger partial charge in [0.15, 0.2) is 0 Å². The Bertz CT molecular complexity index is 424. The smallest absolute Gasteiger partial charge is 0.237 e. The second-order valence-corrected chi connectivity index (χ2v) is 4.13. The first kappa shape index (κ1) is 17.5. The van der Waals surface area contributed by atoms with E-state index in [4.69, 9.17) is 15.2 Å². The average Bonchev–Trinajstić information content (AvgIpc) is 2.37. The number of rotatable bonds is 5. The molecule has 1 unspecified atom stereocenters. The number of halogens is 1. The number of hydrogen-bond donors (Lipinski definition) is 2. The third-order valence-corrected chi connectivity index (χ3v) is 2.68. The van der Waals surface area contributed by atoms with Crippen molar-refractivity contribution in [3.8, 4) is 11.5 Å². The van der Waals surface area contributed by atoms with Gasteiger partial charge in [0.25, 0.3) is 0 Å². The summed E-state index contributed by atoms with van der Waals surface area (Å²) in [7, 11) is 3.18. The minimum Gasteiger partial charge on any atom is -0.497 e. The van der Waals surface area contributed by atoms with Gasteiger partial charge in [-0.15, -0.1) is 12.4 Å². The zero-order valence-corrected chi connectivity index (χ0v) is 12.4. The fraction of sp³-hybridized carbons (Fsp3) is 0.462. The van der Waals surface area contributed by atoms with Crippen LogP contribution in [0, 0.1) is 0 Å². The van der Waals surface area contributed by atoms with Gasteiger partial charge in [-0.2, -0.15) is 0 Å². The van der Waals surface area contributed by atoms with E-state index in [0.717, 1.165) is 5.56 Å². The van der Waals surface area contributed by atoms with E-state index in [9.17, 15) is 4.79 Å². The molecule has 0 spiro atoms. The van der Waals surface area contributed by atoms with Crippen molar-refractivity contribution < 1.29 is 14.3 Å². The van der Waals surface area contributed by atoms with E-state index in [1.807, 2.05) is 25.1 Å². The van der Waals surface area contributed by atoms with Crippen molar-refractivity contribution in [1.82, 2.24) is 5.32 Å². The molecule has 0 aromatic heterocycles. The summed E-state index contributed by atoms with van der Waals surface area (Å²) in [5.41, 5.74) is 6.37. The van der Waals surface area contributed by atoms with Crippen LogP contribution in [0.1, 0.15) is 25.5 Å². The first-order valence-corrected chi connectivity index (χ1v) is 5.77. The van der Waals surface area contributed by atoms with E-state index in [1.165, 1.54) is 0 Å². The predicted octanol–water partition coefficient (Wildman–Crippen LogP) is 1.65. The minimum atomic E-state index is -0.538. The molecule has 0 fully saturated rings. The first-order chi connectivity index (χ1) is 8.49. The van der Waals surface area contributed by atoms with Crippen LogP contribution in [-0.4, -0.2) is 26.2 Å². The third kappa shape index (κ3) is 4.61. The highest BCUT2D eigenvalue weighted by atomic mass is 35.5. The van der Waals surface area contributed by atoms with Gasteiger partial charge in [0, 0.05) is 5.56 Å². The van der Waals surface area contributed by atoms with Crippen LogP contribution in [0.15, 0.2) is 18.2 Å². The lowest BCUT2D eigenvalue weighted by Gasteiger charge is -2.19. The second kappa shape index (κ2) is 7.86. The van der Waals surface area contributed by atoms with Gasteiger partial charge >= 0.3 is 0 Å². The number of nitrogens with one attached hydrogen (secondary N) is 1. The maximum Gasteiger partial charge on any atom is 0.237 e. The maximum atomic E-state index is 11.6. The molecule has 108 valence electrons. The molecule has 6 heteroatoms. The van der Waals surface area contributed by atoms with Gasteiger partial charge in [-0.1, -0.05) is 0 Å². The molecule has 3 N–H and O–H groups in total. The Morgan fingerprint density at radius 1 is 1.26 bits per heavy atom. The SMILES string of the molecule is COc1ccc(OC)c(C(C)NC(=O)[C@@H](C)N)c1.Cl. The van der Waals surface area contributed by atoms with Crippen LogP contribution in [0.2, 0.25) is 0 Å². The van der Waals surface area contributed by atoms with Crippen molar-refractivity contribution in [2.75, 3.05) is 14.2 Å². The average molecular weight is 289 g/mol. The number of nitrogens with two attached hydrogens (primary N) is 1. The fourth-order valence-electron chi connectivity index (χ4n) is 1.60. The largest absolute Gasteiger partial charge is 0.497 e. The van der Waals surface area contributed by atoms with E-state index >= 15 is 0 Å². The maximum absolute atomic E-state index is 11.6. The van der Waals surface area contributed by atoms with E-state index in [1.54, 1.807) is 21.1 Å². The standard InChI is InChI=1S/C13H20N2O3.ClH/c1-8(14)13(16)15-9(2)11-7-10(17-3)5-6-12(11)18-4;/h5-9H,14H2,1-4H3,(H,15,16);1H/t8-,9?;/m1./s1. The van der Waals surface area contributed by atoms with Crippen molar-refractivity contribution in [2.24, 2.45) is 5.73 Å². The Kier molecular flexibility index (Phi) is 7.26. The first-order valence-electron chi connectivity index (χ1n) is 5.77. The number of methoxy groups -OCH3 is 2. The lowest BCUT2D eigenvalue weighted by Crippen LogP contribution is -2.39. The molecule has 5 nitrogen and oxygen atoms in total. The van der Waals surface area contributed by atoms with Crippen molar-refractivity contribution in [3.63, 3.8) is 0 Å². The minimum absolute atomic E-state index is 0. The molecule has 0 saturated carbocycles. The van der Waals surface area contributed by atoms with E-state index in [-0.39, 0.29) is 24.4 Å². The van der Waals surface area contributed by atoms with Gasteiger partial charge in [-0.3, -0.25) is 4.79 Å². The summed E-state index contributed by atoms with van der Waals surface area (Å²) in [5.74, 6) is 1.22. The molecule has 0 saturated heterocycles.